The second-order valence-electron chi connectivity index (χ2n) is 5.42. The Morgan fingerprint density at radius 3 is 2.90 bits per heavy atom. The van der Waals surface area contributed by atoms with Crippen LogP contribution in [0.1, 0.15) is 25.8 Å². The number of amides is 1. The van der Waals surface area contributed by atoms with Crippen LogP contribution in [0, 0.1) is 5.92 Å². The predicted molar refractivity (Wildman–Crippen MR) is 79.4 cm³/mol. The summed E-state index contributed by atoms with van der Waals surface area (Å²) in [6.07, 6.45) is 0.821. The van der Waals surface area contributed by atoms with Crippen LogP contribution in [0.2, 0.25) is 0 Å². The number of carbonyl (C=O) groups excluding carboxylic acids is 1. The lowest BCUT2D eigenvalue weighted by Crippen LogP contribution is -2.39. The van der Waals surface area contributed by atoms with Crippen molar-refractivity contribution in [2.24, 2.45) is 5.92 Å². The van der Waals surface area contributed by atoms with E-state index in [1.807, 2.05) is 13.0 Å². The SMILES string of the molecule is CCOC(=O)N[C@@H](C)[C@@H]1CCN(Cc2ccccc2)C1. The molecule has 1 saturated heterocycles. The van der Waals surface area contributed by atoms with Crippen molar-refractivity contribution in [2.45, 2.75) is 32.9 Å². The lowest BCUT2D eigenvalue weighted by molar-refractivity contribution is 0.145. The molecule has 0 saturated carbocycles. The van der Waals surface area contributed by atoms with Crippen LogP contribution in [0.25, 0.3) is 0 Å². The number of ether oxygens (including phenoxy) is 1. The van der Waals surface area contributed by atoms with Crippen molar-refractivity contribution in [3.8, 4) is 0 Å². The van der Waals surface area contributed by atoms with E-state index >= 15 is 0 Å². The number of nitrogens with one attached hydrogen (secondary N) is 1. The van der Waals surface area contributed by atoms with Gasteiger partial charge in [0.1, 0.15) is 0 Å². The van der Waals surface area contributed by atoms with Crippen molar-refractivity contribution in [2.75, 3.05) is 19.7 Å². The topological polar surface area (TPSA) is 41.6 Å². The van der Waals surface area contributed by atoms with Crippen LogP contribution in [0.5, 0.6) is 0 Å². The number of alkyl carbamates (subject to hydrolysis) is 1. The zero-order valence-electron chi connectivity index (χ0n) is 12.3. The van der Waals surface area contributed by atoms with Crippen LogP contribution in [0.4, 0.5) is 4.79 Å². The van der Waals surface area contributed by atoms with E-state index in [2.05, 4.69) is 41.4 Å². The monoisotopic (exact) mass is 276 g/mol. The van der Waals surface area contributed by atoms with E-state index in [0.29, 0.717) is 12.5 Å². The summed E-state index contributed by atoms with van der Waals surface area (Å²) in [6.45, 7) is 7.42. The summed E-state index contributed by atoms with van der Waals surface area (Å²) in [5.74, 6) is 0.503. The Hall–Kier alpha value is -1.55. The van der Waals surface area contributed by atoms with E-state index in [9.17, 15) is 4.79 Å². The fraction of sp³-hybridized carbons (Fsp3) is 0.562. The minimum atomic E-state index is -0.304. The maximum Gasteiger partial charge on any atom is 0.407 e. The van der Waals surface area contributed by atoms with Gasteiger partial charge in [-0.25, -0.2) is 4.79 Å². The normalized spacial score (nSPS) is 20.6. The maximum atomic E-state index is 11.4. The van der Waals surface area contributed by atoms with Crippen LogP contribution in [0.3, 0.4) is 0 Å². The molecule has 4 nitrogen and oxygen atoms in total. The first-order valence-corrected chi connectivity index (χ1v) is 7.38. The van der Waals surface area contributed by atoms with Gasteiger partial charge < -0.3 is 10.1 Å². The number of benzene rings is 1. The van der Waals surface area contributed by atoms with Crippen LogP contribution >= 0.6 is 0 Å². The Kier molecular flexibility index (Phi) is 5.41. The lowest BCUT2D eigenvalue weighted by Gasteiger charge is -2.21. The van der Waals surface area contributed by atoms with E-state index in [-0.39, 0.29) is 12.1 Å². The first-order chi connectivity index (χ1) is 9.69. The van der Waals surface area contributed by atoms with Crippen LogP contribution in [-0.4, -0.2) is 36.7 Å². The third-order valence-corrected chi connectivity index (χ3v) is 3.89. The van der Waals surface area contributed by atoms with Crippen molar-refractivity contribution in [1.82, 2.24) is 10.2 Å². The molecule has 1 aliphatic rings. The standard InChI is InChI=1S/C16H24N2O2/c1-3-20-16(19)17-13(2)15-9-10-18(12-15)11-14-7-5-4-6-8-14/h4-8,13,15H,3,9-12H2,1-2H3,(H,17,19)/t13-,15+/m0/s1. The van der Waals surface area contributed by atoms with E-state index in [4.69, 9.17) is 4.74 Å². The molecule has 1 heterocycles. The molecule has 0 aliphatic carbocycles. The van der Waals surface area contributed by atoms with E-state index in [1.165, 1.54) is 5.56 Å². The molecule has 0 radical (unpaired) electrons. The average molecular weight is 276 g/mol. The summed E-state index contributed by atoms with van der Waals surface area (Å²) in [5.41, 5.74) is 1.35. The Labute approximate surface area is 121 Å². The molecule has 1 aliphatic heterocycles. The molecule has 1 fully saturated rings. The Balaban J connectivity index is 1.78. The smallest absolute Gasteiger partial charge is 0.407 e. The minimum absolute atomic E-state index is 0.162. The molecule has 1 amide bonds. The molecular formula is C16H24N2O2. The van der Waals surface area contributed by atoms with Gasteiger partial charge in [0.25, 0.3) is 0 Å². The lowest BCUT2D eigenvalue weighted by atomic mass is 10.0. The number of hydrogen-bond donors (Lipinski definition) is 1. The molecule has 1 aromatic carbocycles. The Bertz CT molecular complexity index is 422. The summed E-state index contributed by atoms with van der Waals surface area (Å²) in [6, 6.07) is 10.7. The fourth-order valence-electron chi connectivity index (χ4n) is 2.73. The highest BCUT2D eigenvalue weighted by molar-refractivity contribution is 5.67. The van der Waals surface area contributed by atoms with Gasteiger partial charge in [0, 0.05) is 19.1 Å². The number of nitrogens with zero attached hydrogens (tertiary/aromatic N) is 1. The zero-order valence-corrected chi connectivity index (χ0v) is 12.3. The quantitative estimate of drug-likeness (QED) is 0.899. The van der Waals surface area contributed by atoms with Crippen molar-refractivity contribution in [1.29, 1.82) is 0 Å². The average Bonchev–Trinajstić information content (AvgIpc) is 2.89. The molecule has 20 heavy (non-hydrogen) atoms. The molecule has 0 spiro atoms. The van der Waals surface area contributed by atoms with E-state index in [0.717, 1.165) is 26.1 Å². The summed E-state index contributed by atoms with van der Waals surface area (Å²) >= 11 is 0. The summed E-state index contributed by atoms with van der Waals surface area (Å²) in [4.78, 5) is 13.9. The van der Waals surface area contributed by atoms with Crippen LogP contribution < -0.4 is 5.32 Å². The number of likely N-dealkylation sites (tertiary alicyclic amines) is 1. The largest absolute Gasteiger partial charge is 0.450 e. The Morgan fingerprint density at radius 2 is 2.20 bits per heavy atom. The van der Waals surface area contributed by atoms with Crippen molar-refractivity contribution in [3.63, 3.8) is 0 Å². The molecule has 110 valence electrons. The summed E-state index contributed by atoms with van der Waals surface area (Å²) in [5, 5.41) is 2.92. The highest BCUT2D eigenvalue weighted by Gasteiger charge is 2.28. The van der Waals surface area contributed by atoms with Gasteiger partial charge in [0.15, 0.2) is 0 Å². The molecule has 1 N–H and O–H groups in total. The second kappa shape index (κ2) is 7.29. The van der Waals surface area contributed by atoms with Crippen molar-refractivity contribution < 1.29 is 9.53 Å². The first-order valence-electron chi connectivity index (χ1n) is 7.38. The van der Waals surface area contributed by atoms with Crippen molar-refractivity contribution in [3.05, 3.63) is 35.9 Å². The molecular weight excluding hydrogens is 252 g/mol. The van der Waals surface area contributed by atoms with Gasteiger partial charge in [-0.1, -0.05) is 30.3 Å². The van der Waals surface area contributed by atoms with Crippen LogP contribution in [0.15, 0.2) is 30.3 Å². The molecule has 0 aromatic heterocycles. The van der Waals surface area contributed by atoms with Gasteiger partial charge in [-0.15, -0.1) is 0 Å². The first kappa shape index (κ1) is 14.9. The molecule has 2 atom stereocenters. The van der Waals surface area contributed by atoms with Crippen LogP contribution in [-0.2, 0) is 11.3 Å². The molecule has 4 heteroatoms. The van der Waals surface area contributed by atoms with E-state index in [1.54, 1.807) is 0 Å². The van der Waals surface area contributed by atoms with Gasteiger partial charge in [0.05, 0.1) is 6.61 Å². The number of carbonyl (C=O) groups is 1. The third-order valence-electron chi connectivity index (χ3n) is 3.89. The van der Waals surface area contributed by atoms with Gasteiger partial charge >= 0.3 is 6.09 Å². The second-order valence-corrected chi connectivity index (χ2v) is 5.42. The number of rotatable bonds is 5. The highest BCUT2D eigenvalue weighted by atomic mass is 16.5. The van der Waals surface area contributed by atoms with Gasteiger partial charge in [0.2, 0.25) is 0 Å². The predicted octanol–water partition coefficient (Wildman–Crippen LogP) is 2.64. The minimum Gasteiger partial charge on any atom is -0.450 e. The molecule has 2 rings (SSSR count). The van der Waals surface area contributed by atoms with Crippen molar-refractivity contribution >= 4 is 6.09 Å². The van der Waals surface area contributed by atoms with Gasteiger partial charge in [-0.05, 0) is 38.3 Å². The summed E-state index contributed by atoms with van der Waals surface area (Å²) in [7, 11) is 0. The maximum absolute atomic E-state index is 11.4. The summed E-state index contributed by atoms with van der Waals surface area (Å²) < 4.78 is 4.93. The highest BCUT2D eigenvalue weighted by Crippen LogP contribution is 2.21. The third kappa shape index (κ3) is 4.23. The van der Waals surface area contributed by atoms with E-state index < -0.39 is 0 Å². The number of hydrogen-bond acceptors (Lipinski definition) is 3. The van der Waals surface area contributed by atoms with Gasteiger partial charge in [-0.3, -0.25) is 4.90 Å². The molecule has 0 unspecified atom stereocenters. The fourth-order valence-corrected chi connectivity index (χ4v) is 2.73. The zero-order chi connectivity index (χ0) is 14.4. The van der Waals surface area contributed by atoms with Gasteiger partial charge in [-0.2, -0.15) is 0 Å². The Morgan fingerprint density at radius 1 is 1.45 bits per heavy atom. The molecule has 1 aromatic rings. The molecule has 0 bridgehead atoms.